The van der Waals surface area contributed by atoms with Crippen molar-refractivity contribution in [2.45, 2.75) is 13.1 Å². The van der Waals surface area contributed by atoms with E-state index in [2.05, 4.69) is 26.3 Å². The molecule has 0 radical (unpaired) electrons. The molecule has 82 valence electrons. The van der Waals surface area contributed by atoms with Crippen LogP contribution in [0.15, 0.2) is 33.5 Å². The predicted molar refractivity (Wildman–Crippen MR) is 64.6 cm³/mol. The fourth-order valence-electron chi connectivity index (χ4n) is 1.93. The van der Waals surface area contributed by atoms with Crippen LogP contribution in [0.4, 0.5) is 0 Å². The molecule has 0 spiro atoms. The molecule has 2 aromatic rings. The van der Waals surface area contributed by atoms with Gasteiger partial charge in [-0.3, -0.25) is 9.89 Å². The average Bonchev–Trinajstić information content (AvgIpc) is 2.84. The topological polar surface area (TPSA) is 49.8 Å². The van der Waals surface area contributed by atoms with Gasteiger partial charge < -0.3 is 5.32 Å². The first-order valence-corrected chi connectivity index (χ1v) is 5.84. The maximum absolute atomic E-state index is 12.0. The molecule has 0 aliphatic carbocycles. The average molecular weight is 280 g/mol. The highest BCUT2D eigenvalue weighted by Gasteiger charge is 2.18. The molecule has 1 aliphatic rings. The molecule has 0 unspecified atom stereocenters. The summed E-state index contributed by atoms with van der Waals surface area (Å²) in [4.78, 5) is 12.0. The van der Waals surface area contributed by atoms with Crippen molar-refractivity contribution in [2.75, 3.05) is 0 Å². The van der Waals surface area contributed by atoms with Crippen LogP contribution in [0.25, 0.3) is 5.69 Å². The summed E-state index contributed by atoms with van der Waals surface area (Å²) < 4.78 is 2.60. The monoisotopic (exact) mass is 279 g/mol. The maximum Gasteiger partial charge on any atom is 0.276 e. The Labute approximate surface area is 100 Å². The number of hydrogen-bond donors (Lipinski definition) is 2. The van der Waals surface area contributed by atoms with Crippen molar-refractivity contribution in [3.05, 3.63) is 50.3 Å². The van der Waals surface area contributed by atoms with Crippen LogP contribution in [0.3, 0.4) is 0 Å². The molecule has 0 bridgehead atoms. The number of rotatable bonds is 1. The molecule has 2 N–H and O–H groups in total. The molecule has 3 rings (SSSR count). The fraction of sp³-hybridized carbons (Fsp3) is 0.182. The van der Waals surface area contributed by atoms with Gasteiger partial charge in [0.15, 0.2) is 0 Å². The van der Waals surface area contributed by atoms with Gasteiger partial charge in [-0.05, 0) is 24.3 Å². The van der Waals surface area contributed by atoms with Crippen LogP contribution in [0.5, 0.6) is 0 Å². The summed E-state index contributed by atoms with van der Waals surface area (Å²) in [7, 11) is 0. The Hall–Kier alpha value is -1.33. The Morgan fingerprint density at radius 2 is 1.94 bits per heavy atom. The van der Waals surface area contributed by atoms with E-state index in [0.29, 0.717) is 6.54 Å². The normalized spacial score (nSPS) is 14.1. The summed E-state index contributed by atoms with van der Waals surface area (Å²) in [6.45, 7) is 1.41. The van der Waals surface area contributed by atoms with E-state index in [1.807, 2.05) is 24.3 Å². The summed E-state index contributed by atoms with van der Waals surface area (Å²) in [5.74, 6) is 0. The zero-order chi connectivity index (χ0) is 11.1. The van der Waals surface area contributed by atoms with Crippen LogP contribution >= 0.6 is 15.9 Å². The Morgan fingerprint density at radius 1 is 1.19 bits per heavy atom. The highest BCUT2D eigenvalue weighted by Crippen LogP contribution is 2.14. The summed E-state index contributed by atoms with van der Waals surface area (Å²) in [5.41, 5.74) is 2.75. The lowest BCUT2D eigenvalue weighted by molar-refractivity contribution is 0.710. The molecule has 0 saturated heterocycles. The number of aromatic amines is 1. The van der Waals surface area contributed by atoms with E-state index >= 15 is 0 Å². The largest absolute Gasteiger partial charge is 0.307 e. The summed E-state index contributed by atoms with van der Waals surface area (Å²) >= 11 is 3.37. The minimum Gasteiger partial charge on any atom is -0.307 e. The second-order valence-electron chi connectivity index (χ2n) is 3.79. The Balaban J connectivity index is 2.14. The number of aromatic nitrogens is 2. The number of benzene rings is 1. The molecule has 16 heavy (non-hydrogen) atoms. The molecule has 0 saturated carbocycles. The Bertz CT molecular complexity index is 582. The molecule has 2 heterocycles. The van der Waals surface area contributed by atoms with Crippen molar-refractivity contribution in [3.8, 4) is 5.69 Å². The van der Waals surface area contributed by atoms with Gasteiger partial charge in [0, 0.05) is 17.6 Å². The zero-order valence-corrected chi connectivity index (χ0v) is 10.0. The molecule has 0 atom stereocenters. The second-order valence-corrected chi connectivity index (χ2v) is 4.71. The number of hydrogen-bond acceptors (Lipinski definition) is 2. The van der Waals surface area contributed by atoms with Gasteiger partial charge in [-0.25, -0.2) is 4.68 Å². The first-order chi connectivity index (χ1) is 7.75. The summed E-state index contributed by atoms with van der Waals surface area (Å²) in [6.07, 6.45) is 0. The number of nitrogens with zero attached hydrogens (tertiary/aromatic N) is 1. The molecule has 5 heteroatoms. The van der Waals surface area contributed by atoms with Gasteiger partial charge in [0.05, 0.1) is 16.9 Å². The van der Waals surface area contributed by atoms with Crippen molar-refractivity contribution < 1.29 is 0 Å². The minimum absolute atomic E-state index is 0.0438. The number of halogens is 1. The van der Waals surface area contributed by atoms with E-state index in [-0.39, 0.29) is 5.56 Å². The van der Waals surface area contributed by atoms with Crippen molar-refractivity contribution in [3.63, 3.8) is 0 Å². The molecular formula is C11H10BrN3O. The fourth-order valence-corrected chi connectivity index (χ4v) is 2.19. The van der Waals surface area contributed by atoms with Crippen LogP contribution in [0, 0.1) is 0 Å². The van der Waals surface area contributed by atoms with E-state index in [9.17, 15) is 4.79 Å². The van der Waals surface area contributed by atoms with Gasteiger partial charge >= 0.3 is 0 Å². The SMILES string of the molecule is O=c1c2c([nH]n1-c1ccc(Br)cc1)CNC2. The van der Waals surface area contributed by atoms with Gasteiger partial charge in [0.25, 0.3) is 5.56 Å². The first-order valence-electron chi connectivity index (χ1n) is 5.05. The number of nitrogens with one attached hydrogen (secondary N) is 2. The van der Waals surface area contributed by atoms with Crippen LogP contribution < -0.4 is 10.9 Å². The van der Waals surface area contributed by atoms with Gasteiger partial charge in [-0.1, -0.05) is 15.9 Å². The van der Waals surface area contributed by atoms with Crippen molar-refractivity contribution in [1.29, 1.82) is 0 Å². The molecular weight excluding hydrogens is 270 g/mol. The van der Waals surface area contributed by atoms with Gasteiger partial charge in [0.1, 0.15) is 0 Å². The van der Waals surface area contributed by atoms with Crippen LogP contribution in [0.2, 0.25) is 0 Å². The Morgan fingerprint density at radius 3 is 2.62 bits per heavy atom. The van der Waals surface area contributed by atoms with E-state index < -0.39 is 0 Å². The van der Waals surface area contributed by atoms with Crippen molar-refractivity contribution in [1.82, 2.24) is 15.1 Å². The third-order valence-corrected chi connectivity index (χ3v) is 3.29. The first kappa shape index (κ1) is 9.86. The molecule has 0 amide bonds. The van der Waals surface area contributed by atoms with Gasteiger partial charge in [0.2, 0.25) is 0 Å². The second kappa shape index (κ2) is 3.61. The lowest BCUT2D eigenvalue weighted by Gasteiger charge is -2.02. The van der Waals surface area contributed by atoms with Crippen molar-refractivity contribution in [2.24, 2.45) is 0 Å². The molecule has 4 nitrogen and oxygen atoms in total. The molecule has 0 fully saturated rings. The van der Waals surface area contributed by atoms with Crippen LogP contribution in [-0.2, 0) is 13.1 Å². The zero-order valence-electron chi connectivity index (χ0n) is 8.46. The summed E-state index contributed by atoms with van der Waals surface area (Å²) in [6, 6.07) is 7.66. The summed E-state index contributed by atoms with van der Waals surface area (Å²) in [5, 5.41) is 6.27. The molecule has 1 aromatic carbocycles. The predicted octanol–water partition coefficient (Wildman–Crippen LogP) is 1.53. The third kappa shape index (κ3) is 1.44. The number of H-pyrrole nitrogens is 1. The van der Waals surface area contributed by atoms with Crippen LogP contribution in [0.1, 0.15) is 11.3 Å². The van der Waals surface area contributed by atoms with Gasteiger partial charge in [-0.2, -0.15) is 0 Å². The van der Waals surface area contributed by atoms with Crippen LogP contribution in [-0.4, -0.2) is 9.78 Å². The van der Waals surface area contributed by atoms with E-state index in [1.165, 1.54) is 0 Å². The van der Waals surface area contributed by atoms with E-state index in [0.717, 1.165) is 28.0 Å². The maximum atomic E-state index is 12.0. The van der Waals surface area contributed by atoms with E-state index in [4.69, 9.17) is 0 Å². The van der Waals surface area contributed by atoms with Crippen molar-refractivity contribution >= 4 is 15.9 Å². The van der Waals surface area contributed by atoms with Gasteiger partial charge in [-0.15, -0.1) is 0 Å². The lowest BCUT2D eigenvalue weighted by Crippen LogP contribution is -2.19. The third-order valence-electron chi connectivity index (χ3n) is 2.76. The highest BCUT2D eigenvalue weighted by molar-refractivity contribution is 9.10. The smallest absolute Gasteiger partial charge is 0.276 e. The number of fused-ring (bicyclic) bond motifs is 1. The Kier molecular flexibility index (Phi) is 2.22. The lowest BCUT2D eigenvalue weighted by atomic mass is 10.3. The highest BCUT2D eigenvalue weighted by atomic mass is 79.9. The van der Waals surface area contributed by atoms with E-state index in [1.54, 1.807) is 4.68 Å². The minimum atomic E-state index is 0.0438. The quantitative estimate of drug-likeness (QED) is 0.832. The molecule has 1 aliphatic heterocycles. The standard InChI is InChI=1S/C11H10BrN3O/c12-7-1-3-8(4-2-7)15-11(16)9-5-13-6-10(9)14-15/h1-4,13-14H,5-6H2. The molecule has 1 aromatic heterocycles.